The Hall–Kier alpha value is -1.35. The van der Waals surface area contributed by atoms with Gasteiger partial charge < -0.3 is 11.1 Å². The number of benzene rings is 1. The second kappa shape index (κ2) is 4.97. The molecule has 0 atom stereocenters. The molecule has 1 aliphatic heterocycles. The fourth-order valence-electron chi connectivity index (χ4n) is 3.61. The lowest BCUT2D eigenvalue weighted by Gasteiger charge is -2.35. The van der Waals surface area contributed by atoms with Crippen LogP contribution in [0.5, 0.6) is 0 Å². The summed E-state index contributed by atoms with van der Waals surface area (Å²) in [6.45, 7) is 1.96. The molecule has 0 aromatic heterocycles. The highest BCUT2D eigenvalue weighted by molar-refractivity contribution is 5.87. The van der Waals surface area contributed by atoms with Crippen LogP contribution in [0.1, 0.15) is 48.8 Å². The van der Waals surface area contributed by atoms with Gasteiger partial charge in [-0.2, -0.15) is 0 Å². The minimum absolute atomic E-state index is 0.143. The average molecular weight is 258 g/mol. The number of amides is 1. The van der Waals surface area contributed by atoms with Crippen molar-refractivity contribution in [2.45, 2.75) is 50.5 Å². The van der Waals surface area contributed by atoms with E-state index >= 15 is 0 Å². The summed E-state index contributed by atoms with van der Waals surface area (Å²) in [5.41, 5.74) is 9.24. The van der Waals surface area contributed by atoms with Gasteiger partial charge in [0.15, 0.2) is 0 Å². The summed E-state index contributed by atoms with van der Waals surface area (Å²) in [5, 5.41) is 3.40. The van der Waals surface area contributed by atoms with Gasteiger partial charge >= 0.3 is 0 Å². The lowest BCUT2D eigenvalue weighted by molar-refractivity contribution is -0.124. The molecule has 1 amide bonds. The summed E-state index contributed by atoms with van der Waals surface area (Å²) in [6, 6.07) is 6.56. The molecular formula is C16H22N2O. The van der Waals surface area contributed by atoms with Crippen molar-refractivity contribution in [3.63, 3.8) is 0 Å². The van der Waals surface area contributed by atoms with Gasteiger partial charge in [-0.15, -0.1) is 0 Å². The van der Waals surface area contributed by atoms with Crippen molar-refractivity contribution in [2.75, 3.05) is 6.54 Å². The molecule has 1 heterocycles. The van der Waals surface area contributed by atoms with E-state index < -0.39 is 5.41 Å². The van der Waals surface area contributed by atoms with E-state index in [1.165, 1.54) is 17.5 Å². The Morgan fingerprint density at radius 3 is 2.68 bits per heavy atom. The molecule has 3 rings (SSSR count). The van der Waals surface area contributed by atoms with Gasteiger partial charge in [0, 0.05) is 6.54 Å². The van der Waals surface area contributed by atoms with Crippen LogP contribution in [0.2, 0.25) is 0 Å². The van der Waals surface area contributed by atoms with E-state index in [-0.39, 0.29) is 5.91 Å². The van der Waals surface area contributed by atoms with Gasteiger partial charge in [-0.05, 0) is 42.5 Å². The number of carbonyl (C=O) groups excluding carboxylic acids is 1. The summed E-state index contributed by atoms with van der Waals surface area (Å²) < 4.78 is 0. The number of nitrogens with two attached hydrogens (primary N) is 1. The third-order valence-corrected chi connectivity index (χ3v) is 4.82. The molecule has 0 unspecified atom stereocenters. The Balaban J connectivity index is 2.01. The molecule has 0 spiro atoms. The highest BCUT2D eigenvalue weighted by Crippen LogP contribution is 2.40. The van der Waals surface area contributed by atoms with Crippen LogP contribution in [0.25, 0.3) is 0 Å². The Labute approximate surface area is 114 Å². The van der Waals surface area contributed by atoms with E-state index in [0.29, 0.717) is 0 Å². The zero-order valence-corrected chi connectivity index (χ0v) is 11.4. The van der Waals surface area contributed by atoms with Crippen molar-refractivity contribution in [3.8, 4) is 0 Å². The molecule has 1 aliphatic carbocycles. The van der Waals surface area contributed by atoms with Crippen LogP contribution in [0.4, 0.5) is 0 Å². The third kappa shape index (κ3) is 2.16. The van der Waals surface area contributed by atoms with Crippen LogP contribution in [-0.4, -0.2) is 12.5 Å². The van der Waals surface area contributed by atoms with Gasteiger partial charge in [-0.3, -0.25) is 4.79 Å². The van der Waals surface area contributed by atoms with Gasteiger partial charge in [-0.25, -0.2) is 0 Å². The second-order valence-electron chi connectivity index (χ2n) is 5.92. The van der Waals surface area contributed by atoms with Crippen LogP contribution in [0.15, 0.2) is 18.2 Å². The predicted octanol–water partition coefficient (Wildman–Crippen LogP) is 2.02. The number of nitrogens with one attached hydrogen (secondary N) is 1. The molecule has 0 radical (unpaired) electrons. The zero-order chi connectivity index (χ0) is 13.3. The maximum absolute atomic E-state index is 12.1. The van der Waals surface area contributed by atoms with E-state index in [1.54, 1.807) is 0 Å². The Morgan fingerprint density at radius 1 is 1.16 bits per heavy atom. The fraction of sp³-hybridized carbons (Fsp3) is 0.562. The first-order valence-corrected chi connectivity index (χ1v) is 7.35. The predicted molar refractivity (Wildman–Crippen MR) is 75.8 cm³/mol. The highest BCUT2D eigenvalue weighted by Gasteiger charge is 2.39. The SMILES string of the molecule is NC(=O)C1(c2ccc3c(c2)CNCC3)CCCCC1. The Morgan fingerprint density at radius 2 is 1.95 bits per heavy atom. The average Bonchev–Trinajstić information content (AvgIpc) is 2.47. The summed E-state index contributed by atoms with van der Waals surface area (Å²) >= 11 is 0. The van der Waals surface area contributed by atoms with Crippen molar-refractivity contribution in [1.29, 1.82) is 0 Å². The monoisotopic (exact) mass is 258 g/mol. The van der Waals surface area contributed by atoms with Crippen molar-refractivity contribution in [3.05, 3.63) is 34.9 Å². The van der Waals surface area contributed by atoms with Gasteiger partial charge in [-0.1, -0.05) is 37.5 Å². The molecule has 3 heteroatoms. The number of fused-ring (bicyclic) bond motifs is 1. The zero-order valence-electron chi connectivity index (χ0n) is 11.4. The smallest absolute Gasteiger partial charge is 0.228 e. The van der Waals surface area contributed by atoms with Crippen molar-refractivity contribution < 1.29 is 4.79 Å². The van der Waals surface area contributed by atoms with E-state index in [0.717, 1.165) is 50.8 Å². The van der Waals surface area contributed by atoms with Crippen LogP contribution in [-0.2, 0) is 23.2 Å². The van der Waals surface area contributed by atoms with Crippen LogP contribution < -0.4 is 11.1 Å². The van der Waals surface area contributed by atoms with Gasteiger partial charge in [0.05, 0.1) is 5.41 Å². The normalized spacial score (nSPS) is 21.7. The Kier molecular flexibility index (Phi) is 3.31. The first-order chi connectivity index (χ1) is 9.22. The molecule has 3 N–H and O–H groups in total. The highest BCUT2D eigenvalue weighted by atomic mass is 16.1. The molecule has 1 saturated carbocycles. The molecule has 1 fully saturated rings. The topological polar surface area (TPSA) is 55.1 Å². The molecule has 102 valence electrons. The molecule has 0 saturated heterocycles. The number of hydrogen-bond acceptors (Lipinski definition) is 2. The number of rotatable bonds is 2. The first-order valence-electron chi connectivity index (χ1n) is 7.35. The summed E-state index contributed by atoms with van der Waals surface area (Å²) in [4.78, 5) is 12.1. The first kappa shape index (κ1) is 12.7. The van der Waals surface area contributed by atoms with E-state index in [9.17, 15) is 4.79 Å². The largest absolute Gasteiger partial charge is 0.369 e. The molecule has 1 aromatic carbocycles. The molecular weight excluding hydrogens is 236 g/mol. The molecule has 19 heavy (non-hydrogen) atoms. The molecule has 1 aromatic rings. The van der Waals surface area contributed by atoms with Gasteiger partial charge in [0.1, 0.15) is 0 Å². The third-order valence-electron chi connectivity index (χ3n) is 4.82. The number of hydrogen-bond donors (Lipinski definition) is 2. The summed E-state index contributed by atoms with van der Waals surface area (Å²) in [5.74, 6) is -0.143. The molecule has 3 nitrogen and oxygen atoms in total. The van der Waals surface area contributed by atoms with Crippen molar-refractivity contribution in [2.24, 2.45) is 5.73 Å². The second-order valence-corrected chi connectivity index (χ2v) is 5.92. The standard InChI is InChI=1S/C16H22N2O/c17-15(19)16(7-2-1-3-8-16)14-5-4-12-6-9-18-11-13(12)10-14/h4-5,10,18H,1-3,6-9,11H2,(H2,17,19). The fourth-order valence-corrected chi connectivity index (χ4v) is 3.61. The minimum Gasteiger partial charge on any atom is -0.369 e. The minimum atomic E-state index is -0.412. The van der Waals surface area contributed by atoms with Gasteiger partial charge in [0.25, 0.3) is 0 Å². The maximum Gasteiger partial charge on any atom is 0.228 e. The molecule has 2 aliphatic rings. The quantitative estimate of drug-likeness (QED) is 0.852. The van der Waals surface area contributed by atoms with Gasteiger partial charge in [0.2, 0.25) is 5.91 Å². The van der Waals surface area contributed by atoms with Crippen LogP contribution in [0.3, 0.4) is 0 Å². The lowest BCUT2D eigenvalue weighted by atomic mass is 9.68. The van der Waals surface area contributed by atoms with Crippen LogP contribution >= 0.6 is 0 Å². The van der Waals surface area contributed by atoms with Crippen molar-refractivity contribution in [1.82, 2.24) is 5.32 Å². The summed E-state index contributed by atoms with van der Waals surface area (Å²) in [7, 11) is 0. The van der Waals surface area contributed by atoms with E-state index in [1.807, 2.05) is 0 Å². The van der Waals surface area contributed by atoms with E-state index in [4.69, 9.17) is 5.73 Å². The van der Waals surface area contributed by atoms with Crippen molar-refractivity contribution >= 4 is 5.91 Å². The number of primary amides is 1. The number of carbonyl (C=O) groups is 1. The Bertz CT molecular complexity index is 490. The van der Waals surface area contributed by atoms with E-state index in [2.05, 4.69) is 23.5 Å². The maximum atomic E-state index is 12.1. The lowest BCUT2D eigenvalue weighted by Crippen LogP contribution is -2.43. The van der Waals surface area contributed by atoms with Crippen LogP contribution in [0, 0.1) is 0 Å². The molecule has 0 bridgehead atoms. The summed E-state index contributed by atoms with van der Waals surface area (Å²) in [6.07, 6.45) is 6.35.